The van der Waals surface area contributed by atoms with E-state index in [0.717, 1.165) is 6.54 Å². The second-order valence-electron chi connectivity index (χ2n) is 2.52. The molecule has 1 atom stereocenters. The molecule has 0 saturated carbocycles. The normalized spacial score (nSPS) is 22.3. The minimum atomic E-state index is -0.322. The number of aliphatic hydroxyl groups excluding tert-OH is 1. The van der Waals surface area contributed by atoms with Gasteiger partial charge in [-0.2, -0.15) is 0 Å². The summed E-state index contributed by atoms with van der Waals surface area (Å²) in [7, 11) is 0. The molecule has 12 heavy (non-hydrogen) atoms. The number of ether oxygens (including phenoxy) is 1. The Kier molecular flexibility index (Phi) is 2.12. The van der Waals surface area contributed by atoms with Gasteiger partial charge in [-0.1, -0.05) is 0 Å². The first kappa shape index (κ1) is 8.15. The van der Waals surface area contributed by atoms with E-state index in [-0.39, 0.29) is 12.7 Å². The molecule has 0 spiro atoms. The highest BCUT2D eigenvalue weighted by Crippen LogP contribution is 2.22. The first-order valence-corrected chi connectivity index (χ1v) is 4.43. The van der Waals surface area contributed by atoms with Gasteiger partial charge in [-0.15, -0.1) is 10.2 Å². The van der Waals surface area contributed by atoms with Crippen molar-refractivity contribution in [2.24, 2.45) is 0 Å². The maximum atomic E-state index is 8.93. The van der Waals surface area contributed by atoms with Crippen LogP contribution in [0.3, 0.4) is 0 Å². The lowest BCUT2D eigenvalue weighted by molar-refractivity contribution is -0.0179. The highest BCUT2D eigenvalue weighted by molar-refractivity contribution is 9.10. The molecule has 1 aliphatic rings. The van der Waals surface area contributed by atoms with Crippen molar-refractivity contribution in [1.82, 2.24) is 14.8 Å². The molecule has 1 aromatic heterocycles. The van der Waals surface area contributed by atoms with Crippen LogP contribution in [0.4, 0.5) is 0 Å². The maximum Gasteiger partial charge on any atom is 0.200 e. The topological polar surface area (TPSA) is 60.2 Å². The summed E-state index contributed by atoms with van der Waals surface area (Å²) in [6, 6.07) is 0. The Bertz CT molecular complexity index is 288. The SMILES string of the molecule is OCC1OCCn2c(Br)nnc21. The summed E-state index contributed by atoms with van der Waals surface area (Å²) in [5.74, 6) is 0.690. The molecular formula is C6H8BrN3O2. The van der Waals surface area contributed by atoms with Crippen molar-refractivity contribution >= 4 is 15.9 Å². The molecule has 2 rings (SSSR count). The Morgan fingerprint density at radius 3 is 3.25 bits per heavy atom. The average molecular weight is 234 g/mol. The lowest BCUT2D eigenvalue weighted by atomic mass is 10.3. The number of fused-ring (bicyclic) bond motifs is 1. The van der Waals surface area contributed by atoms with Crippen molar-refractivity contribution in [2.45, 2.75) is 12.6 Å². The molecule has 1 aromatic rings. The van der Waals surface area contributed by atoms with Crippen LogP contribution in [0.25, 0.3) is 0 Å². The molecule has 66 valence electrons. The van der Waals surface area contributed by atoms with Gasteiger partial charge in [0.25, 0.3) is 0 Å². The molecule has 0 aliphatic carbocycles. The Labute approximate surface area is 77.5 Å². The summed E-state index contributed by atoms with van der Waals surface area (Å²) in [5.41, 5.74) is 0. The van der Waals surface area contributed by atoms with Crippen LogP contribution in [0.1, 0.15) is 11.9 Å². The van der Waals surface area contributed by atoms with Gasteiger partial charge < -0.3 is 14.4 Å². The van der Waals surface area contributed by atoms with Crippen LogP contribution >= 0.6 is 15.9 Å². The fourth-order valence-electron chi connectivity index (χ4n) is 1.24. The average Bonchev–Trinajstić information content (AvgIpc) is 2.48. The van der Waals surface area contributed by atoms with Crippen LogP contribution in [-0.4, -0.2) is 33.1 Å². The molecule has 5 nitrogen and oxygen atoms in total. The summed E-state index contributed by atoms with van der Waals surface area (Å²) >= 11 is 3.26. The zero-order valence-corrected chi connectivity index (χ0v) is 7.86. The molecule has 1 unspecified atom stereocenters. The zero-order valence-electron chi connectivity index (χ0n) is 6.27. The maximum absolute atomic E-state index is 8.93. The Morgan fingerprint density at radius 2 is 2.50 bits per heavy atom. The minimum Gasteiger partial charge on any atom is -0.393 e. The highest BCUT2D eigenvalue weighted by Gasteiger charge is 2.24. The molecule has 2 heterocycles. The fourth-order valence-corrected chi connectivity index (χ4v) is 1.67. The lowest BCUT2D eigenvalue weighted by Crippen LogP contribution is -2.24. The minimum absolute atomic E-state index is 0.0505. The van der Waals surface area contributed by atoms with E-state index in [1.165, 1.54) is 0 Å². The van der Waals surface area contributed by atoms with Crippen LogP contribution in [0, 0.1) is 0 Å². The molecule has 1 aliphatic heterocycles. The van der Waals surface area contributed by atoms with Crippen LogP contribution in [-0.2, 0) is 11.3 Å². The number of aliphatic hydroxyl groups is 1. The molecule has 0 saturated heterocycles. The summed E-state index contributed by atoms with van der Waals surface area (Å²) in [5, 5.41) is 16.7. The molecule has 1 N–H and O–H groups in total. The number of hydrogen-bond donors (Lipinski definition) is 1. The molecule has 0 fully saturated rings. The number of hydrogen-bond acceptors (Lipinski definition) is 4. The molecule has 0 radical (unpaired) electrons. The van der Waals surface area contributed by atoms with Gasteiger partial charge in [-0.3, -0.25) is 0 Å². The first-order chi connectivity index (χ1) is 5.83. The van der Waals surface area contributed by atoms with Crippen molar-refractivity contribution in [3.63, 3.8) is 0 Å². The number of nitrogens with zero attached hydrogens (tertiary/aromatic N) is 3. The summed E-state index contributed by atoms with van der Waals surface area (Å²) in [4.78, 5) is 0. The van der Waals surface area contributed by atoms with Crippen molar-refractivity contribution in [2.75, 3.05) is 13.2 Å². The van der Waals surface area contributed by atoms with Crippen molar-refractivity contribution in [3.05, 3.63) is 10.6 Å². The quantitative estimate of drug-likeness (QED) is 0.748. The zero-order chi connectivity index (χ0) is 8.55. The molecule has 0 amide bonds. The summed E-state index contributed by atoms with van der Waals surface area (Å²) in [6.45, 7) is 1.28. The Hall–Kier alpha value is -0.460. The summed E-state index contributed by atoms with van der Waals surface area (Å²) < 4.78 is 7.86. The van der Waals surface area contributed by atoms with Crippen LogP contribution in [0.2, 0.25) is 0 Å². The highest BCUT2D eigenvalue weighted by atomic mass is 79.9. The molecule has 0 bridgehead atoms. The van der Waals surface area contributed by atoms with Gasteiger partial charge in [0.15, 0.2) is 10.6 Å². The predicted octanol–water partition coefficient (Wildman–Crippen LogP) is 0.104. The van der Waals surface area contributed by atoms with Crippen molar-refractivity contribution in [3.8, 4) is 0 Å². The standard InChI is InChI=1S/C6H8BrN3O2/c7-6-9-8-5-4(3-11)12-2-1-10(5)6/h4,11H,1-3H2. The van der Waals surface area contributed by atoms with E-state index in [4.69, 9.17) is 9.84 Å². The van der Waals surface area contributed by atoms with Gasteiger partial charge in [0.1, 0.15) is 6.10 Å². The Morgan fingerprint density at radius 1 is 1.67 bits per heavy atom. The van der Waals surface area contributed by atoms with E-state index in [2.05, 4.69) is 26.1 Å². The van der Waals surface area contributed by atoms with E-state index < -0.39 is 0 Å². The first-order valence-electron chi connectivity index (χ1n) is 3.64. The number of halogens is 1. The van der Waals surface area contributed by atoms with E-state index >= 15 is 0 Å². The molecule has 0 aromatic carbocycles. The van der Waals surface area contributed by atoms with Gasteiger partial charge >= 0.3 is 0 Å². The van der Waals surface area contributed by atoms with Gasteiger partial charge in [0.2, 0.25) is 0 Å². The van der Waals surface area contributed by atoms with E-state index in [1.54, 1.807) is 0 Å². The van der Waals surface area contributed by atoms with E-state index in [1.807, 2.05) is 4.57 Å². The van der Waals surface area contributed by atoms with Gasteiger partial charge in [-0.25, -0.2) is 0 Å². The molecular weight excluding hydrogens is 226 g/mol. The lowest BCUT2D eigenvalue weighted by Gasteiger charge is -2.21. The second kappa shape index (κ2) is 3.12. The van der Waals surface area contributed by atoms with Crippen molar-refractivity contribution < 1.29 is 9.84 Å². The van der Waals surface area contributed by atoms with E-state index in [9.17, 15) is 0 Å². The monoisotopic (exact) mass is 233 g/mol. The number of rotatable bonds is 1. The smallest absolute Gasteiger partial charge is 0.200 e. The van der Waals surface area contributed by atoms with Gasteiger partial charge in [-0.05, 0) is 15.9 Å². The van der Waals surface area contributed by atoms with Gasteiger partial charge in [0.05, 0.1) is 13.2 Å². The third-order valence-corrected chi connectivity index (χ3v) is 2.41. The van der Waals surface area contributed by atoms with Gasteiger partial charge in [0, 0.05) is 6.54 Å². The summed E-state index contributed by atoms with van der Waals surface area (Å²) in [6.07, 6.45) is -0.322. The second-order valence-corrected chi connectivity index (χ2v) is 3.23. The third-order valence-electron chi connectivity index (χ3n) is 1.82. The van der Waals surface area contributed by atoms with Crippen LogP contribution in [0.15, 0.2) is 4.73 Å². The molecule has 6 heteroatoms. The predicted molar refractivity (Wildman–Crippen MR) is 43.5 cm³/mol. The van der Waals surface area contributed by atoms with Crippen molar-refractivity contribution in [1.29, 1.82) is 0 Å². The van der Waals surface area contributed by atoms with Crippen LogP contribution < -0.4 is 0 Å². The third kappa shape index (κ3) is 1.16. The largest absolute Gasteiger partial charge is 0.393 e. The van der Waals surface area contributed by atoms with Crippen LogP contribution in [0.5, 0.6) is 0 Å². The Balaban J connectivity index is 2.38. The fraction of sp³-hybridized carbons (Fsp3) is 0.667. The van der Waals surface area contributed by atoms with E-state index in [0.29, 0.717) is 17.2 Å². The number of aromatic nitrogens is 3.